The molecule has 1 rings (SSSR count). The lowest BCUT2D eigenvalue weighted by molar-refractivity contribution is 0.471. The van der Waals surface area contributed by atoms with Crippen molar-refractivity contribution in [3.8, 4) is 5.75 Å². The molecule has 1 aromatic rings. The standard InChI is InChI=1S/C8H11BrN2O/c9-6-3-5(7(11)4-10)1-2-8(6)12/h1-3,7,12H,4,10-11H2/t7-/m1/s1. The van der Waals surface area contributed by atoms with Crippen molar-refractivity contribution in [3.63, 3.8) is 0 Å². The molecule has 1 atom stereocenters. The van der Waals surface area contributed by atoms with E-state index < -0.39 is 0 Å². The van der Waals surface area contributed by atoms with Crippen molar-refractivity contribution in [1.82, 2.24) is 0 Å². The molecule has 0 aromatic heterocycles. The van der Waals surface area contributed by atoms with E-state index in [1.807, 2.05) is 0 Å². The molecule has 0 aliphatic carbocycles. The molecule has 0 aliphatic rings. The Morgan fingerprint density at radius 3 is 2.67 bits per heavy atom. The number of hydrogen-bond acceptors (Lipinski definition) is 3. The maximum absolute atomic E-state index is 9.18. The van der Waals surface area contributed by atoms with Gasteiger partial charge in [0.15, 0.2) is 0 Å². The minimum atomic E-state index is -0.165. The van der Waals surface area contributed by atoms with Gasteiger partial charge in [0.25, 0.3) is 0 Å². The molecule has 0 amide bonds. The maximum Gasteiger partial charge on any atom is 0.129 e. The van der Waals surface area contributed by atoms with E-state index in [1.165, 1.54) is 0 Å². The third-order valence-corrected chi connectivity index (χ3v) is 2.29. The molecule has 4 heteroatoms. The van der Waals surface area contributed by atoms with Gasteiger partial charge < -0.3 is 16.6 Å². The van der Waals surface area contributed by atoms with Crippen molar-refractivity contribution >= 4 is 15.9 Å². The third kappa shape index (κ3) is 1.97. The molecule has 0 unspecified atom stereocenters. The lowest BCUT2D eigenvalue weighted by atomic mass is 10.1. The molecule has 0 aliphatic heterocycles. The monoisotopic (exact) mass is 230 g/mol. The second-order valence-electron chi connectivity index (χ2n) is 2.55. The van der Waals surface area contributed by atoms with Crippen LogP contribution in [0.3, 0.4) is 0 Å². The first kappa shape index (κ1) is 9.51. The Bertz CT molecular complexity index is 278. The molecule has 0 saturated carbocycles. The maximum atomic E-state index is 9.18. The number of rotatable bonds is 2. The second-order valence-corrected chi connectivity index (χ2v) is 3.41. The van der Waals surface area contributed by atoms with Gasteiger partial charge in [0.05, 0.1) is 4.47 Å². The first-order valence-corrected chi connectivity index (χ1v) is 4.38. The van der Waals surface area contributed by atoms with Crippen molar-refractivity contribution in [3.05, 3.63) is 28.2 Å². The number of aromatic hydroxyl groups is 1. The summed E-state index contributed by atoms with van der Waals surface area (Å²) in [5.74, 6) is 0.211. The number of nitrogens with two attached hydrogens (primary N) is 2. The minimum Gasteiger partial charge on any atom is -0.507 e. The van der Waals surface area contributed by atoms with E-state index in [4.69, 9.17) is 11.5 Å². The molecule has 12 heavy (non-hydrogen) atoms. The Kier molecular flexibility index (Phi) is 3.08. The Morgan fingerprint density at radius 1 is 1.50 bits per heavy atom. The summed E-state index contributed by atoms with van der Waals surface area (Å²) in [6.45, 7) is 0.400. The lowest BCUT2D eigenvalue weighted by Crippen LogP contribution is -2.20. The summed E-state index contributed by atoms with van der Waals surface area (Å²) in [6, 6.07) is 4.96. The van der Waals surface area contributed by atoms with Gasteiger partial charge in [-0.15, -0.1) is 0 Å². The van der Waals surface area contributed by atoms with Gasteiger partial charge in [0.1, 0.15) is 5.75 Å². The number of phenolic OH excluding ortho intramolecular Hbond substituents is 1. The van der Waals surface area contributed by atoms with E-state index in [1.54, 1.807) is 18.2 Å². The molecule has 1 aromatic carbocycles. The molecule has 0 saturated heterocycles. The van der Waals surface area contributed by atoms with Gasteiger partial charge in [-0.25, -0.2) is 0 Å². The topological polar surface area (TPSA) is 72.3 Å². The van der Waals surface area contributed by atoms with Crippen LogP contribution in [-0.2, 0) is 0 Å². The van der Waals surface area contributed by atoms with Crippen LogP contribution in [0.2, 0.25) is 0 Å². The fraction of sp³-hybridized carbons (Fsp3) is 0.250. The normalized spacial score (nSPS) is 12.9. The predicted molar refractivity (Wildman–Crippen MR) is 51.8 cm³/mol. The van der Waals surface area contributed by atoms with Crippen LogP contribution >= 0.6 is 15.9 Å². The van der Waals surface area contributed by atoms with Crippen molar-refractivity contribution in [2.24, 2.45) is 11.5 Å². The molecule has 0 spiro atoms. The van der Waals surface area contributed by atoms with E-state index in [2.05, 4.69) is 15.9 Å². The van der Waals surface area contributed by atoms with Gasteiger partial charge in [0, 0.05) is 12.6 Å². The summed E-state index contributed by atoms with van der Waals surface area (Å²) in [6.07, 6.45) is 0. The van der Waals surface area contributed by atoms with Crippen LogP contribution in [0, 0.1) is 0 Å². The summed E-state index contributed by atoms with van der Waals surface area (Å²) < 4.78 is 0.643. The SMILES string of the molecule is NC[C@@H](N)c1ccc(O)c(Br)c1. The lowest BCUT2D eigenvalue weighted by Gasteiger charge is -2.09. The van der Waals surface area contributed by atoms with Crippen LogP contribution in [0.15, 0.2) is 22.7 Å². The number of hydrogen-bond donors (Lipinski definition) is 3. The quantitative estimate of drug-likeness (QED) is 0.713. The van der Waals surface area contributed by atoms with Crippen LogP contribution in [0.5, 0.6) is 5.75 Å². The predicted octanol–water partition coefficient (Wildman–Crippen LogP) is 1.11. The van der Waals surface area contributed by atoms with Gasteiger partial charge >= 0.3 is 0 Å². The number of halogens is 1. The van der Waals surface area contributed by atoms with Crippen molar-refractivity contribution in [1.29, 1.82) is 0 Å². The molecule has 5 N–H and O–H groups in total. The molecule has 0 heterocycles. The summed E-state index contributed by atoms with van der Waals surface area (Å²) in [4.78, 5) is 0. The molecular formula is C8H11BrN2O. The summed E-state index contributed by atoms with van der Waals surface area (Å²) in [5.41, 5.74) is 12.0. The highest BCUT2D eigenvalue weighted by atomic mass is 79.9. The van der Waals surface area contributed by atoms with Crippen LogP contribution < -0.4 is 11.5 Å². The zero-order valence-electron chi connectivity index (χ0n) is 6.50. The highest BCUT2D eigenvalue weighted by molar-refractivity contribution is 9.10. The zero-order valence-corrected chi connectivity index (χ0v) is 8.08. The van der Waals surface area contributed by atoms with Crippen molar-refractivity contribution in [2.45, 2.75) is 6.04 Å². The Morgan fingerprint density at radius 2 is 2.17 bits per heavy atom. The smallest absolute Gasteiger partial charge is 0.129 e. The average Bonchev–Trinajstić information content (AvgIpc) is 2.08. The van der Waals surface area contributed by atoms with E-state index in [0.29, 0.717) is 11.0 Å². The van der Waals surface area contributed by atoms with Gasteiger partial charge in [-0.1, -0.05) is 6.07 Å². The molecule has 0 bridgehead atoms. The van der Waals surface area contributed by atoms with Gasteiger partial charge in [-0.05, 0) is 33.6 Å². The molecular weight excluding hydrogens is 220 g/mol. The van der Waals surface area contributed by atoms with Crippen molar-refractivity contribution < 1.29 is 5.11 Å². The number of phenols is 1. The number of benzene rings is 1. The highest BCUT2D eigenvalue weighted by Gasteiger charge is 2.05. The molecule has 0 fully saturated rings. The first-order valence-electron chi connectivity index (χ1n) is 3.59. The second kappa shape index (κ2) is 3.89. The first-order chi connectivity index (χ1) is 5.65. The van der Waals surface area contributed by atoms with Crippen LogP contribution in [0.4, 0.5) is 0 Å². The Balaban J connectivity index is 2.96. The van der Waals surface area contributed by atoms with Crippen molar-refractivity contribution in [2.75, 3.05) is 6.54 Å². The minimum absolute atomic E-state index is 0.165. The van der Waals surface area contributed by atoms with Gasteiger partial charge in [0.2, 0.25) is 0 Å². The fourth-order valence-electron chi connectivity index (χ4n) is 0.890. The van der Waals surface area contributed by atoms with Gasteiger partial charge in [-0.3, -0.25) is 0 Å². The fourth-order valence-corrected chi connectivity index (χ4v) is 1.29. The van der Waals surface area contributed by atoms with Crippen LogP contribution in [0.25, 0.3) is 0 Å². The molecule has 66 valence electrons. The van der Waals surface area contributed by atoms with E-state index in [0.717, 1.165) is 5.56 Å². The molecule has 0 radical (unpaired) electrons. The summed E-state index contributed by atoms with van der Waals surface area (Å²) >= 11 is 3.20. The highest BCUT2D eigenvalue weighted by Crippen LogP contribution is 2.25. The van der Waals surface area contributed by atoms with Crippen LogP contribution in [0.1, 0.15) is 11.6 Å². The van der Waals surface area contributed by atoms with E-state index in [9.17, 15) is 5.11 Å². The summed E-state index contributed by atoms with van der Waals surface area (Å²) in [7, 11) is 0. The summed E-state index contributed by atoms with van der Waals surface area (Å²) in [5, 5.41) is 9.18. The third-order valence-electron chi connectivity index (χ3n) is 1.65. The Hall–Kier alpha value is -0.580. The average molecular weight is 231 g/mol. The van der Waals surface area contributed by atoms with Crippen LogP contribution in [-0.4, -0.2) is 11.7 Å². The largest absolute Gasteiger partial charge is 0.507 e. The van der Waals surface area contributed by atoms with Gasteiger partial charge in [-0.2, -0.15) is 0 Å². The Labute approximate surface area is 79.5 Å². The van der Waals surface area contributed by atoms with E-state index in [-0.39, 0.29) is 11.8 Å². The zero-order chi connectivity index (χ0) is 9.14. The van der Waals surface area contributed by atoms with E-state index >= 15 is 0 Å². The molecule has 3 nitrogen and oxygen atoms in total.